The van der Waals surface area contributed by atoms with E-state index in [0.29, 0.717) is 25.2 Å². The van der Waals surface area contributed by atoms with Gasteiger partial charge in [0.2, 0.25) is 5.91 Å². The van der Waals surface area contributed by atoms with E-state index in [9.17, 15) is 9.59 Å². The summed E-state index contributed by atoms with van der Waals surface area (Å²) in [4.78, 5) is 22.9. The lowest BCUT2D eigenvalue weighted by atomic mass is 10.1. The topological polar surface area (TPSA) is 55.4 Å². The number of thiol groups is 1. The van der Waals surface area contributed by atoms with Crippen LogP contribution in [0, 0.1) is 0 Å². The van der Waals surface area contributed by atoms with Crippen LogP contribution in [0.5, 0.6) is 0 Å². The molecule has 0 aromatic rings. The Kier molecular flexibility index (Phi) is 5.53. The third kappa shape index (κ3) is 4.55. The molecule has 15 heavy (non-hydrogen) atoms. The van der Waals surface area contributed by atoms with Crippen molar-refractivity contribution in [3.05, 3.63) is 0 Å². The Labute approximate surface area is 95.2 Å². The van der Waals surface area contributed by atoms with E-state index >= 15 is 0 Å². The van der Waals surface area contributed by atoms with Gasteiger partial charge in [0.1, 0.15) is 6.04 Å². The normalized spacial score (nSPS) is 24.2. The minimum atomic E-state index is -0.520. The molecule has 1 rings (SSSR count). The zero-order valence-electron chi connectivity index (χ0n) is 8.70. The number of rotatable bonds is 2. The summed E-state index contributed by atoms with van der Waals surface area (Å²) in [7, 11) is 0. The van der Waals surface area contributed by atoms with E-state index in [4.69, 9.17) is 4.74 Å². The fourth-order valence-electron chi connectivity index (χ4n) is 1.48. The molecule has 0 aliphatic carbocycles. The van der Waals surface area contributed by atoms with Crippen LogP contribution in [0.25, 0.3) is 0 Å². The summed E-state index contributed by atoms with van der Waals surface area (Å²) in [5.74, 6) is 0.153. The second-order valence-electron chi connectivity index (χ2n) is 3.61. The van der Waals surface area contributed by atoms with Crippen LogP contribution < -0.4 is 5.32 Å². The molecule has 0 radical (unpaired) electrons. The van der Waals surface area contributed by atoms with Gasteiger partial charge in [0, 0.05) is 6.42 Å². The van der Waals surface area contributed by atoms with Crippen molar-refractivity contribution in [2.75, 3.05) is 12.4 Å². The maximum Gasteiger partial charge on any atom is 0.328 e. The van der Waals surface area contributed by atoms with E-state index in [0.717, 1.165) is 19.3 Å². The van der Waals surface area contributed by atoms with Crippen LogP contribution in [0.1, 0.15) is 32.1 Å². The third-order valence-electron chi connectivity index (χ3n) is 2.33. The van der Waals surface area contributed by atoms with Gasteiger partial charge < -0.3 is 10.1 Å². The molecule has 1 aliphatic rings. The zero-order valence-corrected chi connectivity index (χ0v) is 9.59. The van der Waals surface area contributed by atoms with E-state index in [-0.39, 0.29) is 11.9 Å². The van der Waals surface area contributed by atoms with E-state index in [2.05, 4.69) is 17.9 Å². The lowest BCUT2D eigenvalue weighted by molar-refractivity contribution is -0.148. The Morgan fingerprint density at radius 2 is 2.13 bits per heavy atom. The summed E-state index contributed by atoms with van der Waals surface area (Å²) < 4.78 is 5.04. The SMILES string of the molecule is O=C1CCCCCOC(=O)[C@H](CCS)N1. The van der Waals surface area contributed by atoms with E-state index in [1.165, 1.54) is 0 Å². The molecular weight excluding hydrogens is 214 g/mol. The van der Waals surface area contributed by atoms with E-state index in [1.807, 2.05) is 0 Å². The van der Waals surface area contributed by atoms with Crippen molar-refractivity contribution in [1.82, 2.24) is 5.32 Å². The van der Waals surface area contributed by atoms with Gasteiger partial charge in [0.15, 0.2) is 0 Å². The lowest BCUT2D eigenvalue weighted by Gasteiger charge is -2.18. The van der Waals surface area contributed by atoms with Crippen molar-refractivity contribution in [3.8, 4) is 0 Å². The van der Waals surface area contributed by atoms with E-state index in [1.54, 1.807) is 0 Å². The fraction of sp³-hybridized carbons (Fsp3) is 0.800. The second kappa shape index (κ2) is 6.71. The molecule has 1 N–H and O–H groups in total. The Balaban J connectivity index is 2.54. The van der Waals surface area contributed by atoms with Crippen molar-refractivity contribution >= 4 is 24.5 Å². The second-order valence-corrected chi connectivity index (χ2v) is 4.06. The van der Waals surface area contributed by atoms with Crippen LogP contribution in [0.3, 0.4) is 0 Å². The molecule has 0 aromatic carbocycles. The van der Waals surface area contributed by atoms with Crippen LogP contribution >= 0.6 is 12.6 Å². The number of nitrogens with one attached hydrogen (secondary N) is 1. The number of esters is 1. The summed E-state index contributed by atoms with van der Waals surface area (Å²) in [5.41, 5.74) is 0. The van der Waals surface area contributed by atoms with Gasteiger partial charge >= 0.3 is 5.97 Å². The van der Waals surface area contributed by atoms with Gasteiger partial charge in [-0.05, 0) is 31.4 Å². The first-order valence-electron chi connectivity index (χ1n) is 5.31. The minimum Gasteiger partial charge on any atom is -0.464 e. The predicted octanol–water partition coefficient (Wildman–Crippen LogP) is 0.908. The molecule has 1 fully saturated rings. The van der Waals surface area contributed by atoms with Crippen LogP contribution in [-0.4, -0.2) is 30.3 Å². The van der Waals surface area contributed by atoms with E-state index < -0.39 is 6.04 Å². The summed E-state index contributed by atoms with van der Waals surface area (Å²) in [5, 5.41) is 2.67. The van der Waals surface area contributed by atoms with Crippen molar-refractivity contribution in [2.24, 2.45) is 0 Å². The van der Waals surface area contributed by atoms with Crippen LogP contribution in [0.4, 0.5) is 0 Å². The van der Waals surface area contributed by atoms with Gasteiger partial charge in [-0.15, -0.1) is 0 Å². The smallest absolute Gasteiger partial charge is 0.328 e. The number of carbonyl (C=O) groups is 2. The largest absolute Gasteiger partial charge is 0.464 e. The molecule has 4 nitrogen and oxygen atoms in total. The highest BCUT2D eigenvalue weighted by atomic mass is 32.1. The monoisotopic (exact) mass is 231 g/mol. The maximum absolute atomic E-state index is 11.5. The highest BCUT2D eigenvalue weighted by Crippen LogP contribution is 2.06. The van der Waals surface area contributed by atoms with Gasteiger partial charge in [-0.25, -0.2) is 4.79 Å². The Hall–Kier alpha value is -0.710. The fourth-order valence-corrected chi connectivity index (χ4v) is 1.74. The van der Waals surface area contributed by atoms with Gasteiger partial charge in [-0.1, -0.05) is 0 Å². The standard InChI is InChI=1S/C10H17NO3S/c12-9-4-2-1-3-6-14-10(13)8(11-9)5-7-15/h8,15H,1-7H2,(H,11,12)/t8-/m0/s1. The molecule has 86 valence electrons. The highest BCUT2D eigenvalue weighted by Gasteiger charge is 2.21. The first kappa shape index (κ1) is 12.4. The Bertz CT molecular complexity index is 233. The van der Waals surface area contributed by atoms with Gasteiger partial charge in [-0.2, -0.15) is 12.6 Å². The molecule has 0 saturated carbocycles. The van der Waals surface area contributed by atoms with Gasteiger partial charge in [0.05, 0.1) is 6.61 Å². The molecule has 1 heterocycles. The molecule has 0 aromatic heterocycles. The first-order valence-corrected chi connectivity index (χ1v) is 5.94. The van der Waals surface area contributed by atoms with Crippen molar-refractivity contribution < 1.29 is 14.3 Å². The summed E-state index contributed by atoms with van der Waals surface area (Å²) in [6.45, 7) is 0.456. The molecule has 1 aliphatic heterocycles. The summed E-state index contributed by atoms with van der Waals surface area (Å²) in [6.07, 6.45) is 3.64. The van der Waals surface area contributed by atoms with Gasteiger partial charge in [-0.3, -0.25) is 4.79 Å². The molecular formula is C10H17NO3S. The molecule has 1 amide bonds. The molecule has 0 spiro atoms. The molecule has 5 heteroatoms. The molecule has 1 saturated heterocycles. The van der Waals surface area contributed by atoms with Crippen molar-refractivity contribution in [3.63, 3.8) is 0 Å². The number of ether oxygens (including phenoxy) is 1. The third-order valence-corrected chi connectivity index (χ3v) is 2.59. The summed E-state index contributed by atoms with van der Waals surface area (Å²) >= 11 is 4.05. The van der Waals surface area contributed by atoms with Crippen LogP contribution in [0.2, 0.25) is 0 Å². The average Bonchev–Trinajstić information content (AvgIpc) is 2.21. The van der Waals surface area contributed by atoms with Gasteiger partial charge in [0.25, 0.3) is 0 Å². The number of cyclic esters (lactones) is 1. The zero-order chi connectivity index (χ0) is 11.1. The maximum atomic E-state index is 11.5. The molecule has 1 atom stereocenters. The quantitative estimate of drug-likeness (QED) is 0.548. The highest BCUT2D eigenvalue weighted by molar-refractivity contribution is 7.80. The van der Waals surface area contributed by atoms with Crippen molar-refractivity contribution in [2.45, 2.75) is 38.1 Å². The first-order chi connectivity index (χ1) is 7.24. The number of hydrogen-bond acceptors (Lipinski definition) is 4. The summed E-state index contributed by atoms with van der Waals surface area (Å²) in [6, 6.07) is -0.520. The lowest BCUT2D eigenvalue weighted by Crippen LogP contribution is -2.42. The van der Waals surface area contributed by atoms with Crippen molar-refractivity contribution in [1.29, 1.82) is 0 Å². The Morgan fingerprint density at radius 1 is 1.33 bits per heavy atom. The predicted molar refractivity (Wildman–Crippen MR) is 59.8 cm³/mol. The number of carbonyl (C=O) groups excluding carboxylic acids is 2. The molecule has 0 bridgehead atoms. The minimum absolute atomic E-state index is 0.0689. The Morgan fingerprint density at radius 3 is 2.87 bits per heavy atom. The number of hydrogen-bond donors (Lipinski definition) is 2. The number of amides is 1. The molecule has 0 unspecified atom stereocenters. The van der Waals surface area contributed by atoms with Crippen LogP contribution in [0.15, 0.2) is 0 Å². The van der Waals surface area contributed by atoms with Crippen LogP contribution in [-0.2, 0) is 14.3 Å². The average molecular weight is 231 g/mol.